The fraction of sp³-hybridized carbons (Fsp3) is 0.190. The van der Waals surface area contributed by atoms with Gasteiger partial charge in [0.25, 0.3) is 5.91 Å². The van der Waals surface area contributed by atoms with E-state index in [2.05, 4.69) is 33.8 Å². The molecule has 2 N–H and O–H groups in total. The van der Waals surface area contributed by atoms with E-state index in [4.69, 9.17) is 0 Å². The molecular formula is C21H22N4O. The van der Waals surface area contributed by atoms with Crippen molar-refractivity contribution in [1.82, 2.24) is 15.5 Å². The van der Waals surface area contributed by atoms with Crippen LogP contribution in [0.1, 0.15) is 32.7 Å². The number of hydrogen-bond acceptors (Lipinski definition) is 4. The second-order valence-electron chi connectivity index (χ2n) is 6.42. The number of nitrogens with one attached hydrogen (secondary N) is 2. The van der Waals surface area contributed by atoms with Crippen molar-refractivity contribution in [2.24, 2.45) is 0 Å². The average Bonchev–Trinajstić information content (AvgIpc) is 2.64. The highest BCUT2D eigenvalue weighted by atomic mass is 16.1. The Bertz CT molecular complexity index is 902. The zero-order valence-corrected chi connectivity index (χ0v) is 15.2. The predicted octanol–water partition coefficient (Wildman–Crippen LogP) is 4.08. The Hall–Kier alpha value is -3.21. The minimum Gasteiger partial charge on any atom is -0.347 e. The van der Waals surface area contributed by atoms with Crippen molar-refractivity contribution in [3.05, 3.63) is 82.5 Å². The summed E-state index contributed by atoms with van der Waals surface area (Å²) in [5.41, 5.74) is 5.85. The molecule has 0 radical (unpaired) electrons. The molecule has 0 aliphatic rings. The molecule has 0 unspecified atom stereocenters. The van der Waals surface area contributed by atoms with E-state index in [1.165, 1.54) is 11.1 Å². The molecular weight excluding hydrogens is 324 g/mol. The number of benzene rings is 2. The quantitative estimate of drug-likeness (QED) is 0.731. The molecule has 3 aromatic rings. The molecule has 0 aliphatic heterocycles. The van der Waals surface area contributed by atoms with Crippen molar-refractivity contribution in [2.45, 2.75) is 27.3 Å². The molecule has 132 valence electrons. The van der Waals surface area contributed by atoms with Crippen LogP contribution in [0.25, 0.3) is 0 Å². The monoisotopic (exact) mass is 346 g/mol. The molecule has 0 spiro atoms. The maximum absolute atomic E-state index is 12.2. The lowest BCUT2D eigenvalue weighted by Crippen LogP contribution is -2.24. The van der Waals surface area contributed by atoms with Crippen LogP contribution in [0.3, 0.4) is 0 Å². The van der Waals surface area contributed by atoms with Crippen LogP contribution in [-0.4, -0.2) is 16.1 Å². The van der Waals surface area contributed by atoms with Gasteiger partial charge in [0.15, 0.2) is 11.5 Å². The van der Waals surface area contributed by atoms with Gasteiger partial charge in [-0.2, -0.15) is 0 Å². The van der Waals surface area contributed by atoms with Crippen molar-refractivity contribution in [3.63, 3.8) is 0 Å². The molecule has 26 heavy (non-hydrogen) atoms. The minimum atomic E-state index is -0.240. The molecule has 0 saturated heterocycles. The lowest BCUT2D eigenvalue weighted by Gasteiger charge is -2.09. The molecule has 0 bridgehead atoms. The summed E-state index contributed by atoms with van der Waals surface area (Å²) in [5.74, 6) is 0.364. The molecule has 0 aliphatic carbocycles. The van der Waals surface area contributed by atoms with E-state index in [-0.39, 0.29) is 5.91 Å². The molecule has 0 saturated carbocycles. The molecule has 1 heterocycles. The predicted molar refractivity (Wildman–Crippen MR) is 104 cm³/mol. The van der Waals surface area contributed by atoms with Gasteiger partial charge in [0, 0.05) is 12.2 Å². The second kappa shape index (κ2) is 7.78. The molecule has 0 fully saturated rings. The zero-order valence-electron chi connectivity index (χ0n) is 15.2. The molecule has 3 rings (SSSR count). The van der Waals surface area contributed by atoms with Gasteiger partial charge in [-0.05, 0) is 50.1 Å². The van der Waals surface area contributed by atoms with Crippen LogP contribution < -0.4 is 10.6 Å². The van der Waals surface area contributed by atoms with Crippen molar-refractivity contribution in [3.8, 4) is 0 Å². The Kier molecular flexibility index (Phi) is 5.27. The topological polar surface area (TPSA) is 66.9 Å². The maximum Gasteiger partial charge on any atom is 0.272 e. The standard InChI is InChI=1S/C21H22N4O/c1-14-4-7-17(8-5-14)13-22-21(26)19-10-11-20(25-24-19)23-18-9-6-15(2)12-16(18)3/h4-12H,13H2,1-3H3,(H,22,26)(H,23,25). The van der Waals surface area contributed by atoms with Crippen molar-refractivity contribution < 1.29 is 4.79 Å². The van der Waals surface area contributed by atoms with Crippen molar-refractivity contribution in [1.29, 1.82) is 0 Å². The Morgan fingerprint density at radius 2 is 1.62 bits per heavy atom. The SMILES string of the molecule is Cc1ccc(CNC(=O)c2ccc(Nc3ccc(C)cc3C)nn2)cc1. The van der Waals surface area contributed by atoms with E-state index in [0.717, 1.165) is 16.8 Å². The van der Waals surface area contributed by atoms with Gasteiger partial charge in [-0.3, -0.25) is 4.79 Å². The Balaban J connectivity index is 1.61. The van der Waals surface area contributed by atoms with Gasteiger partial charge in [-0.1, -0.05) is 47.5 Å². The summed E-state index contributed by atoms with van der Waals surface area (Å²) in [6, 6.07) is 17.6. The van der Waals surface area contributed by atoms with Gasteiger partial charge in [-0.15, -0.1) is 10.2 Å². The lowest BCUT2D eigenvalue weighted by molar-refractivity contribution is 0.0945. The highest BCUT2D eigenvalue weighted by molar-refractivity contribution is 5.92. The second-order valence-corrected chi connectivity index (χ2v) is 6.42. The van der Waals surface area contributed by atoms with E-state index >= 15 is 0 Å². The van der Waals surface area contributed by atoms with Gasteiger partial charge in [0.1, 0.15) is 0 Å². The van der Waals surface area contributed by atoms with Crippen LogP contribution >= 0.6 is 0 Å². The van der Waals surface area contributed by atoms with Gasteiger partial charge < -0.3 is 10.6 Å². The third kappa shape index (κ3) is 4.45. The number of carbonyl (C=O) groups excluding carboxylic acids is 1. The first kappa shape index (κ1) is 17.6. The smallest absolute Gasteiger partial charge is 0.272 e. The lowest BCUT2D eigenvalue weighted by atomic mass is 10.1. The fourth-order valence-corrected chi connectivity index (χ4v) is 2.59. The van der Waals surface area contributed by atoms with Gasteiger partial charge in [0.2, 0.25) is 0 Å². The van der Waals surface area contributed by atoms with E-state index < -0.39 is 0 Å². The van der Waals surface area contributed by atoms with Crippen LogP contribution in [0.4, 0.5) is 11.5 Å². The maximum atomic E-state index is 12.2. The third-order valence-electron chi connectivity index (χ3n) is 4.12. The van der Waals surface area contributed by atoms with Gasteiger partial charge in [0.05, 0.1) is 0 Å². The number of nitrogens with zero attached hydrogens (tertiary/aromatic N) is 2. The van der Waals surface area contributed by atoms with E-state index in [9.17, 15) is 4.79 Å². The van der Waals surface area contributed by atoms with Gasteiger partial charge in [-0.25, -0.2) is 0 Å². The minimum absolute atomic E-state index is 0.240. The van der Waals surface area contributed by atoms with Crippen LogP contribution in [0.15, 0.2) is 54.6 Å². The molecule has 5 nitrogen and oxygen atoms in total. The first-order valence-electron chi connectivity index (χ1n) is 8.53. The summed E-state index contributed by atoms with van der Waals surface area (Å²) in [6.45, 7) is 6.59. The Labute approximate surface area is 153 Å². The summed E-state index contributed by atoms with van der Waals surface area (Å²) in [5, 5.41) is 14.2. The van der Waals surface area contributed by atoms with E-state index in [1.54, 1.807) is 12.1 Å². The molecule has 1 aromatic heterocycles. The highest BCUT2D eigenvalue weighted by Crippen LogP contribution is 2.19. The molecule has 5 heteroatoms. The Morgan fingerprint density at radius 3 is 2.27 bits per heavy atom. The van der Waals surface area contributed by atoms with Crippen molar-refractivity contribution in [2.75, 3.05) is 5.32 Å². The number of hydrogen-bond donors (Lipinski definition) is 2. The largest absolute Gasteiger partial charge is 0.347 e. The van der Waals surface area contributed by atoms with Crippen LogP contribution in [0.2, 0.25) is 0 Å². The average molecular weight is 346 g/mol. The number of aromatic nitrogens is 2. The molecule has 0 atom stereocenters. The van der Waals surface area contributed by atoms with Crippen molar-refractivity contribution >= 4 is 17.4 Å². The third-order valence-corrected chi connectivity index (χ3v) is 4.12. The first-order valence-corrected chi connectivity index (χ1v) is 8.53. The number of rotatable bonds is 5. The molecule has 2 aromatic carbocycles. The van der Waals surface area contributed by atoms with Gasteiger partial charge >= 0.3 is 0 Å². The highest BCUT2D eigenvalue weighted by Gasteiger charge is 2.08. The number of carbonyl (C=O) groups is 1. The number of aryl methyl sites for hydroxylation is 3. The molecule has 1 amide bonds. The summed E-state index contributed by atoms with van der Waals surface area (Å²) in [6.07, 6.45) is 0. The summed E-state index contributed by atoms with van der Waals surface area (Å²) < 4.78 is 0. The Morgan fingerprint density at radius 1 is 0.885 bits per heavy atom. The van der Waals surface area contributed by atoms with E-state index in [0.29, 0.717) is 18.1 Å². The normalized spacial score (nSPS) is 10.4. The fourth-order valence-electron chi connectivity index (χ4n) is 2.59. The number of anilines is 2. The van der Waals surface area contributed by atoms with Crippen LogP contribution in [0, 0.1) is 20.8 Å². The summed E-state index contributed by atoms with van der Waals surface area (Å²) in [4.78, 5) is 12.2. The van der Waals surface area contributed by atoms with E-state index in [1.807, 2.05) is 50.2 Å². The summed E-state index contributed by atoms with van der Waals surface area (Å²) >= 11 is 0. The van der Waals surface area contributed by atoms with Crippen LogP contribution in [0.5, 0.6) is 0 Å². The van der Waals surface area contributed by atoms with Crippen LogP contribution in [-0.2, 0) is 6.54 Å². The number of amides is 1. The summed E-state index contributed by atoms with van der Waals surface area (Å²) in [7, 11) is 0. The first-order chi connectivity index (χ1) is 12.5. The zero-order chi connectivity index (χ0) is 18.5.